The number of nitrogens with one attached hydrogen (secondary N) is 2. The molecule has 0 aliphatic heterocycles. The van der Waals surface area contributed by atoms with Crippen LogP contribution in [-0.4, -0.2) is 40.2 Å². The maximum absolute atomic E-state index is 11.6. The maximum Gasteiger partial charge on any atom is 0.326 e. The Hall–Kier alpha value is -2.77. The molecule has 0 saturated carbocycles. The molecule has 0 radical (unpaired) electrons. The topological polar surface area (TPSA) is 142 Å². The Morgan fingerprint density at radius 3 is 2.24 bits per heavy atom. The zero-order chi connectivity index (χ0) is 16.0. The van der Waals surface area contributed by atoms with Gasteiger partial charge < -0.3 is 26.6 Å². The first-order valence-electron chi connectivity index (χ1n) is 6.16. The van der Waals surface area contributed by atoms with E-state index in [-0.39, 0.29) is 12.2 Å². The van der Waals surface area contributed by atoms with Crippen LogP contribution >= 0.6 is 0 Å². The van der Waals surface area contributed by atoms with Crippen molar-refractivity contribution in [3.05, 3.63) is 29.8 Å². The van der Waals surface area contributed by atoms with Gasteiger partial charge in [-0.1, -0.05) is 12.1 Å². The number of benzene rings is 1. The third kappa shape index (κ3) is 5.39. The second kappa shape index (κ2) is 7.13. The van der Waals surface area contributed by atoms with Crippen LogP contribution in [0.4, 0.5) is 4.79 Å². The highest BCUT2D eigenvalue weighted by molar-refractivity contribution is 5.87. The standard InChI is InChI=1S/C13H17N3O5/c1-7(11(14)18)15-13(21)16-10(12(19)20)6-8-2-4-9(17)5-3-8/h2-5,7,10,17H,6H2,1H3,(H2,14,18)(H,19,20)(H2,15,16,21)/t7?,10-/m0/s1. The molecule has 0 fully saturated rings. The van der Waals surface area contributed by atoms with E-state index in [1.807, 2.05) is 0 Å². The summed E-state index contributed by atoms with van der Waals surface area (Å²) < 4.78 is 0. The summed E-state index contributed by atoms with van der Waals surface area (Å²) in [5, 5.41) is 22.7. The van der Waals surface area contributed by atoms with Gasteiger partial charge in [0, 0.05) is 6.42 Å². The number of aromatic hydroxyl groups is 1. The van der Waals surface area contributed by atoms with Crippen LogP contribution in [0.3, 0.4) is 0 Å². The second-order valence-corrected chi connectivity index (χ2v) is 4.50. The summed E-state index contributed by atoms with van der Waals surface area (Å²) in [7, 11) is 0. The van der Waals surface area contributed by atoms with Crippen molar-refractivity contribution in [3.8, 4) is 5.75 Å². The first-order chi connectivity index (χ1) is 9.79. The monoisotopic (exact) mass is 295 g/mol. The van der Waals surface area contributed by atoms with Gasteiger partial charge in [-0.2, -0.15) is 0 Å². The molecule has 0 aliphatic carbocycles. The average molecular weight is 295 g/mol. The highest BCUT2D eigenvalue weighted by Gasteiger charge is 2.22. The molecule has 1 aromatic rings. The van der Waals surface area contributed by atoms with Crippen molar-refractivity contribution in [2.75, 3.05) is 0 Å². The van der Waals surface area contributed by atoms with Crippen LogP contribution in [0.15, 0.2) is 24.3 Å². The number of phenolic OH excluding ortho intramolecular Hbond substituents is 1. The zero-order valence-electron chi connectivity index (χ0n) is 11.4. The summed E-state index contributed by atoms with van der Waals surface area (Å²) in [6, 6.07) is 3.07. The van der Waals surface area contributed by atoms with Crippen LogP contribution in [0.1, 0.15) is 12.5 Å². The van der Waals surface area contributed by atoms with Crippen LogP contribution in [-0.2, 0) is 16.0 Å². The number of carboxylic acid groups (broad SMARTS) is 1. The van der Waals surface area contributed by atoms with Crippen molar-refractivity contribution < 1.29 is 24.6 Å². The van der Waals surface area contributed by atoms with E-state index < -0.39 is 30.0 Å². The van der Waals surface area contributed by atoms with E-state index in [1.54, 1.807) is 12.1 Å². The van der Waals surface area contributed by atoms with Gasteiger partial charge in [-0.3, -0.25) is 4.79 Å². The van der Waals surface area contributed by atoms with Gasteiger partial charge in [-0.25, -0.2) is 9.59 Å². The summed E-state index contributed by atoms with van der Waals surface area (Å²) in [6.45, 7) is 1.39. The van der Waals surface area contributed by atoms with Crippen LogP contribution < -0.4 is 16.4 Å². The Morgan fingerprint density at radius 1 is 1.19 bits per heavy atom. The van der Waals surface area contributed by atoms with E-state index in [0.29, 0.717) is 5.56 Å². The summed E-state index contributed by atoms with van der Waals surface area (Å²) >= 11 is 0. The number of amides is 3. The van der Waals surface area contributed by atoms with E-state index in [1.165, 1.54) is 19.1 Å². The molecule has 3 amide bonds. The van der Waals surface area contributed by atoms with Crippen molar-refractivity contribution >= 4 is 17.9 Å². The highest BCUT2D eigenvalue weighted by Crippen LogP contribution is 2.11. The second-order valence-electron chi connectivity index (χ2n) is 4.50. The minimum Gasteiger partial charge on any atom is -0.508 e. The van der Waals surface area contributed by atoms with E-state index in [2.05, 4.69) is 10.6 Å². The fourth-order valence-corrected chi connectivity index (χ4v) is 1.54. The number of rotatable bonds is 6. The Labute approximate surface area is 120 Å². The predicted molar refractivity (Wildman–Crippen MR) is 73.6 cm³/mol. The molecule has 1 rings (SSSR count). The van der Waals surface area contributed by atoms with Gasteiger partial charge >= 0.3 is 12.0 Å². The molecule has 0 bridgehead atoms. The Bertz CT molecular complexity index is 529. The minimum absolute atomic E-state index is 0.0357. The Morgan fingerprint density at radius 2 is 1.76 bits per heavy atom. The van der Waals surface area contributed by atoms with Crippen molar-refractivity contribution in [2.45, 2.75) is 25.4 Å². The third-order valence-electron chi connectivity index (χ3n) is 2.75. The molecule has 0 aliphatic rings. The SMILES string of the molecule is CC(NC(=O)N[C@@H](Cc1ccc(O)cc1)C(=O)O)C(N)=O. The van der Waals surface area contributed by atoms with Crippen LogP contribution in [0.25, 0.3) is 0 Å². The van der Waals surface area contributed by atoms with E-state index >= 15 is 0 Å². The Kier molecular flexibility index (Phi) is 5.53. The highest BCUT2D eigenvalue weighted by atomic mass is 16.4. The number of carbonyl (C=O) groups excluding carboxylic acids is 2. The molecule has 0 spiro atoms. The molecule has 8 heteroatoms. The molecule has 0 heterocycles. The first kappa shape index (κ1) is 16.3. The molecule has 0 saturated heterocycles. The number of hydrogen-bond donors (Lipinski definition) is 5. The number of primary amides is 1. The van der Waals surface area contributed by atoms with Crippen molar-refractivity contribution in [3.63, 3.8) is 0 Å². The first-order valence-corrected chi connectivity index (χ1v) is 6.16. The fourth-order valence-electron chi connectivity index (χ4n) is 1.54. The van der Waals surface area contributed by atoms with Gasteiger partial charge in [0.05, 0.1) is 0 Å². The summed E-state index contributed by atoms with van der Waals surface area (Å²) in [4.78, 5) is 33.5. The summed E-state index contributed by atoms with van der Waals surface area (Å²) in [5.74, 6) is -1.88. The number of urea groups is 1. The van der Waals surface area contributed by atoms with Gasteiger partial charge in [-0.15, -0.1) is 0 Å². The van der Waals surface area contributed by atoms with Gasteiger partial charge in [0.15, 0.2) is 0 Å². The van der Waals surface area contributed by atoms with Crippen LogP contribution in [0, 0.1) is 0 Å². The molecule has 21 heavy (non-hydrogen) atoms. The lowest BCUT2D eigenvalue weighted by molar-refractivity contribution is -0.139. The molecular weight excluding hydrogens is 278 g/mol. The quantitative estimate of drug-likeness (QED) is 0.483. The third-order valence-corrected chi connectivity index (χ3v) is 2.75. The smallest absolute Gasteiger partial charge is 0.326 e. The fraction of sp³-hybridized carbons (Fsp3) is 0.308. The van der Waals surface area contributed by atoms with Gasteiger partial charge in [-0.05, 0) is 24.6 Å². The number of phenols is 1. The Balaban J connectivity index is 2.65. The van der Waals surface area contributed by atoms with E-state index in [0.717, 1.165) is 0 Å². The van der Waals surface area contributed by atoms with Crippen molar-refractivity contribution in [1.29, 1.82) is 0 Å². The van der Waals surface area contributed by atoms with Gasteiger partial charge in [0.1, 0.15) is 17.8 Å². The number of carboxylic acids is 1. The molecule has 2 atom stereocenters. The molecule has 8 nitrogen and oxygen atoms in total. The molecule has 1 unspecified atom stereocenters. The van der Waals surface area contributed by atoms with Crippen molar-refractivity contribution in [1.82, 2.24) is 10.6 Å². The lowest BCUT2D eigenvalue weighted by atomic mass is 10.1. The van der Waals surface area contributed by atoms with Gasteiger partial charge in [0.25, 0.3) is 0 Å². The number of nitrogens with two attached hydrogens (primary N) is 1. The number of hydrogen-bond acceptors (Lipinski definition) is 4. The normalized spacial score (nSPS) is 13.0. The van der Waals surface area contributed by atoms with Crippen LogP contribution in [0.2, 0.25) is 0 Å². The largest absolute Gasteiger partial charge is 0.508 e. The minimum atomic E-state index is -1.22. The van der Waals surface area contributed by atoms with E-state index in [4.69, 9.17) is 15.9 Å². The maximum atomic E-state index is 11.6. The molecule has 1 aromatic carbocycles. The lowest BCUT2D eigenvalue weighted by Gasteiger charge is -2.17. The molecule has 6 N–H and O–H groups in total. The van der Waals surface area contributed by atoms with Crippen LogP contribution in [0.5, 0.6) is 5.75 Å². The van der Waals surface area contributed by atoms with Crippen molar-refractivity contribution in [2.24, 2.45) is 5.73 Å². The number of carbonyl (C=O) groups is 3. The lowest BCUT2D eigenvalue weighted by Crippen LogP contribution is -2.52. The number of aliphatic carboxylic acids is 1. The average Bonchev–Trinajstić information content (AvgIpc) is 2.40. The summed E-state index contributed by atoms with van der Waals surface area (Å²) in [6.07, 6.45) is 0.0357. The van der Waals surface area contributed by atoms with E-state index in [9.17, 15) is 14.4 Å². The molecular formula is C13H17N3O5. The predicted octanol–water partition coefficient (Wildman–Crippen LogP) is -0.439. The molecule has 0 aromatic heterocycles. The van der Waals surface area contributed by atoms with Gasteiger partial charge in [0.2, 0.25) is 5.91 Å². The summed E-state index contributed by atoms with van der Waals surface area (Å²) in [5.41, 5.74) is 5.62. The zero-order valence-corrected chi connectivity index (χ0v) is 11.4. The molecule has 114 valence electrons.